The molecule has 0 spiro atoms. The average molecular weight is 195 g/mol. The third kappa shape index (κ3) is 2.10. The van der Waals surface area contributed by atoms with E-state index in [2.05, 4.69) is 20.1 Å². The molecular weight excluding hydrogens is 178 g/mol. The second-order valence-electron chi connectivity index (χ2n) is 3.78. The Labute approximate surface area is 83.7 Å². The Morgan fingerprint density at radius 2 is 2.29 bits per heavy atom. The summed E-state index contributed by atoms with van der Waals surface area (Å²) in [5.74, 6) is 1.60. The van der Waals surface area contributed by atoms with Gasteiger partial charge in [-0.1, -0.05) is 0 Å². The molecule has 78 valence electrons. The van der Waals surface area contributed by atoms with E-state index in [1.807, 2.05) is 0 Å². The minimum atomic E-state index is 0.562. The van der Waals surface area contributed by atoms with E-state index in [4.69, 9.17) is 5.73 Å². The lowest BCUT2D eigenvalue weighted by Crippen LogP contribution is -2.36. The Morgan fingerprint density at radius 1 is 1.50 bits per heavy atom. The van der Waals surface area contributed by atoms with Crippen LogP contribution in [0, 0.1) is 0 Å². The highest BCUT2D eigenvalue weighted by Gasteiger charge is 2.21. The van der Waals surface area contributed by atoms with Gasteiger partial charge in [-0.3, -0.25) is 5.10 Å². The van der Waals surface area contributed by atoms with Crippen LogP contribution in [0.4, 0.5) is 0 Å². The van der Waals surface area contributed by atoms with Crippen LogP contribution in [0.25, 0.3) is 0 Å². The lowest BCUT2D eigenvalue weighted by molar-refractivity contribution is 0.214. The highest BCUT2D eigenvalue weighted by molar-refractivity contribution is 4.95. The van der Waals surface area contributed by atoms with Gasteiger partial charge in [0.1, 0.15) is 12.2 Å². The van der Waals surface area contributed by atoms with Crippen LogP contribution in [0.3, 0.4) is 0 Å². The molecule has 1 fully saturated rings. The molecule has 3 N–H and O–H groups in total. The first-order chi connectivity index (χ1) is 6.90. The van der Waals surface area contributed by atoms with E-state index in [1.54, 1.807) is 6.33 Å². The number of H-pyrrole nitrogens is 1. The molecule has 2 heterocycles. The zero-order valence-electron chi connectivity index (χ0n) is 8.32. The van der Waals surface area contributed by atoms with Gasteiger partial charge in [0.05, 0.1) is 0 Å². The standard InChI is InChI=1S/C9H17N5/c10-3-6-14-4-1-8(2-5-14)9-11-7-12-13-9/h7-8H,1-6,10H2,(H,11,12,13). The minimum Gasteiger partial charge on any atom is -0.329 e. The second-order valence-corrected chi connectivity index (χ2v) is 3.78. The predicted octanol–water partition coefficient (Wildman–Crippen LogP) is -0.0572. The quantitative estimate of drug-likeness (QED) is 0.709. The number of aromatic nitrogens is 3. The fourth-order valence-electron chi connectivity index (χ4n) is 2.02. The van der Waals surface area contributed by atoms with Gasteiger partial charge in [-0.2, -0.15) is 5.10 Å². The van der Waals surface area contributed by atoms with E-state index in [-0.39, 0.29) is 0 Å². The summed E-state index contributed by atoms with van der Waals surface area (Å²) in [5.41, 5.74) is 5.52. The van der Waals surface area contributed by atoms with Crippen molar-refractivity contribution in [2.24, 2.45) is 5.73 Å². The van der Waals surface area contributed by atoms with Crippen molar-refractivity contribution in [1.82, 2.24) is 20.1 Å². The van der Waals surface area contributed by atoms with Crippen LogP contribution in [0.5, 0.6) is 0 Å². The molecule has 1 aromatic heterocycles. The summed E-state index contributed by atoms with van der Waals surface area (Å²) in [7, 11) is 0. The Bertz CT molecular complexity index is 250. The maximum absolute atomic E-state index is 5.52. The van der Waals surface area contributed by atoms with Gasteiger partial charge in [-0.05, 0) is 25.9 Å². The molecule has 1 saturated heterocycles. The zero-order chi connectivity index (χ0) is 9.80. The largest absolute Gasteiger partial charge is 0.329 e. The molecule has 0 aliphatic carbocycles. The van der Waals surface area contributed by atoms with Gasteiger partial charge in [-0.25, -0.2) is 4.98 Å². The molecule has 1 aliphatic rings. The van der Waals surface area contributed by atoms with Gasteiger partial charge in [-0.15, -0.1) is 0 Å². The Kier molecular flexibility index (Phi) is 3.10. The molecule has 2 rings (SSSR count). The number of rotatable bonds is 3. The molecule has 1 aliphatic heterocycles. The van der Waals surface area contributed by atoms with E-state index in [0.717, 1.165) is 44.8 Å². The lowest BCUT2D eigenvalue weighted by Gasteiger charge is -2.30. The number of nitrogens with one attached hydrogen (secondary N) is 1. The molecule has 0 aromatic carbocycles. The summed E-state index contributed by atoms with van der Waals surface area (Å²) in [6, 6.07) is 0. The predicted molar refractivity (Wildman–Crippen MR) is 53.9 cm³/mol. The Morgan fingerprint density at radius 3 is 2.86 bits per heavy atom. The molecule has 0 saturated carbocycles. The summed E-state index contributed by atoms with van der Waals surface area (Å²) in [4.78, 5) is 6.61. The first-order valence-corrected chi connectivity index (χ1v) is 5.18. The third-order valence-corrected chi connectivity index (χ3v) is 2.85. The summed E-state index contributed by atoms with van der Waals surface area (Å²) >= 11 is 0. The smallest absolute Gasteiger partial charge is 0.137 e. The summed E-state index contributed by atoms with van der Waals surface area (Å²) in [5, 5.41) is 6.83. The van der Waals surface area contributed by atoms with Crippen LogP contribution in [-0.2, 0) is 0 Å². The molecule has 5 nitrogen and oxygen atoms in total. The summed E-state index contributed by atoms with van der Waals surface area (Å²) < 4.78 is 0. The number of nitrogens with two attached hydrogens (primary N) is 1. The maximum Gasteiger partial charge on any atom is 0.137 e. The van der Waals surface area contributed by atoms with E-state index < -0.39 is 0 Å². The molecule has 1 aromatic rings. The van der Waals surface area contributed by atoms with Crippen LogP contribution in [-0.4, -0.2) is 46.3 Å². The van der Waals surface area contributed by atoms with Crippen LogP contribution in [0.15, 0.2) is 6.33 Å². The van der Waals surface area contributed by atoms with Gasteiger partial charge < -0.3 is 10.6 Å². The van der Waals surface area contributed by atoms with Crippen LogP contribution in [0.2, 0.25) is 0 Å². The average Bonchev–Trinajstić information content (AvgIpc) is 2.72. The van der Waals surface area contributed by atoms with Gasteiger partial charge in [0.15, 0.2) is 0 Å². The highest BCUT2D eigenvalue weighted by Crippen LogP contribution is 2.24. The van der Waals surface area contributed by atoms with Crippen molar-refractivity contribution in [3.8, 4) is 0 Å². The van der Waals surface area contributed by atoms with Crippen molar-refractivity contribution < 1.29 is 0 Å². The molecule has 0 radical (unpaired) electrons. The molecule has 0 bridgehead atoms. The highest BCUT2D eigenvalue weighted by atomic mass is 15.2. The van der Waals surface area contributed by atoms with Gasteiger partial charge in [0.25, 0.3) is 0 Å². The minimum absolute atomic E-state index is 0.562. The molecule has 14 heavy (non-hydrogen) atoms. The number of hydrogen-bond acceptors (Lipinski definition) is 4. The first-order valence-electron chi connectivity index (χ1n) is 5.18. The summed E-state index contributed by atoms with van der Waals surface area (Å²) in [6.07, 6.45) is 3.91. The molecule has 0 amide bonds. The number of piperidine rings is 1. The second kappa shape index (κ2) is 4.52. The van der Waals surface area contributed by atoms with Gasteiger partial charge in [0.2, 0.25) is 0 Å². The third-order valence-electron chi connectivity index (χ3n) is 2.85. The topological polar surface area (TPSA) is 70.8 Å². The Balaban J connectivity index is 1.84. The van der Waals surface area contributed by atoms with Crippen molar-refractivity contribution in [3.05, 3.63) is 12.2 Å². The fraction of sp³-hybridized carbons (Fsp3) is 0.778. The normalized spacial score (nSPS) is 20.1. The Hall–Kier alpha value is -0.940. The van der Waals surface area contributed by atoms with Crippen LogP contribution in [0.1, 0.15) is 24.6 Å². The van der Waals surface area contributed by atoms with Crippen molar-refractivity contribution >= 4 is 0 Å². The number of aromatic amines is 1. The molecule has 0 atom stereocenters. The van der Waals surface area contributed by atoms with E-state index in [1.165, 1.54) is 0 Å². The SMILES string of the molecule is NCCN1CCC(c2ncn[nH]2)CC1. The molecule has 5 heteroatoms. The summed E-state index contributed by atoms with van der Waals surface area (Å²) in [6.45, 7) is 4.03. The maximum atomic E-state index is 5.52. The van der Waals surface area contributed by atoms with E-state index in [0.29, 0.717) is 5.92 Å². The van der Waals surface area contributed by atoms with Crippen LogP contribution >= 0.6 is 0 Å². The van der Waals surface area contributed by atoms with Gasteiger partial charge >= 0.3 is 0 Å². The number of nitrogens with zero attached hydrogens (tertiary/aromatic N) is 3. The van der Waals surface area contributed by atoms with Crippen molar-refractivity contribution in [1.29, 1.82) is 0 Å². The lowest BCUT2D eigenvalue weighted by atomic mass is 9.96. The van der Waals surface area contributed by atoms with Crippen LogP contribution < -0.4 is 5.73 Å². The van der Waals surface area contributed by atoms with Crippen molar-refractivity contribution in [2.75, 3.05) is 26.2 Å². The van der Waals surface area contributed by atoms with Crippen molar-refractivity contribution in [2.45, 2.75) is 18.8 Å². The zero-order valence-corrected chi connectivity index (χ0v) is 8.32. The number of hydrogen-bond donors (Lipinski definition) is 2. The van der Waals surface area contributed by atoms with E-state index >= 15 is 0 Å². The monoisotopic (exact) mass is 195 g/mol. The fourth-order valence-corrected chi connectivity index (χ4v) is 2.02. The van der Waals surface area contributed by atoms with Crippen molar-refractivity contribution in [3.63, 3.8) is 0 Å². The molecule has 0 unspecified atom stereocenters. The molecular formula is C9H17N5. The first kappa shape index (κ1) is 9.61. The van der Waals surface area contributed by atoms with E-state index in [9.17, 15) is 0 Å². The van der Waals surface area contributed by atoms with Gasteiger partial charge in [0, 0.05) is 19.0 Å². The number of likely N-dealkylation sites (tertiary alicyclic amines) is 1.